The van der Waals surface area contributed by atoms with Crippen LogP contribution in [-0.4, -0.2) is 16.0 Å². The number of carboxylic acids is 1. The molecule has 0 aliphatic carbocycles. The lowest BCUT2D eigenvalue weighted by molar-refractivity contribution is -0.385. The lowest BCUT2D eigenvalue weighted by Crippen LogP contribution is -2.01. The highest BCUT2D eigenvalue weighted by atomic mass is 16.6. The Balaban J connectivity index is 2.48. The molecule has 2 rings (SSSR count). The van der Waals surface area contributed by atoms with Gasteiger partial charge in [-0.1, -0.05) is 12.1 Å². The molecule has 0 radical (unpaired) electrons. The molecule has 0 saturated carbocycles. The molecule has 21 heavy (non-hydrogen) atoms. The summed E-state index contributed by atoms with van der Waals surface area (Å²) in [7, 11) is 0. The highest BCUT2D eigenvalue weighted by Gasteiger charge is 2.18. The van der Waals surface area contributed by atoms with E-state index in [1.165, 1.54) is 18.2 Å². The summed E-state index contributed by atoms with van der Waals surface area (Å²) in [5.41, 5.74) is 1.16. The largest absolute Gasteiger partial charge is 0.478 e. The Morgan fingerprint density at radius 2 is 1.90 bits per heavy atom. The Bertz CT molecular complexity index is 724. The van der Waals surface area contributed by atoms with Crippen molar-refractivity contribution in [3.8, 4) is 11.5 Å². The molecule has 0 atom stereocenters. The van der Waals surface area contributed by atoms with E-state index in [-0.39, 0.29) is 22.7 Å². The molecule has 6 heteroatoms. The highest BCUT2D eigenvalue weighted by Crippen LogP contribution is 2.34. The SMILES string of the molecule is Cc1ccc([N+](=O)[O-])c(Oc2cccc(C(=O)O)c2C)c1. The number of rotatable bonds is 4. The van der Waals surface area contributed by atoms with Crippen LogP contribution in [0.3, 0.4) is 0 Å². The first-order valence-electron chi connectivity index (χ1n) is 6.16. The molecular formula is C15H13NO5. The van der Waals surface area contributed by atoms with Crippen molar-refractivity contribution in [2.75, 3.05) is 0 Å². The molecule has 0 aromatic heterocycles. The van der Waals surface area contributed by atoms with E-state index < -0.39 is 10.9 Å². The number of nitrogens with zero attached hydrogens (tertiary/aromatic N) is 1. The maximum atomic E-state index is 11.1. The van der Waals surface area contributed by atoms with Crippen molar-refractivity contribution >= 4 is 11.7 Å². The van der Waals surface area contributed by atoms with Crippen LogP contribution in [0.2, 0.25) is 0 Å². The first-order chi connectivity index (χ1) is 9.90. The van der Waals surface area contributed by atoms with Gasteiger partial charge in [0.15, 0.2) is 0 Å². The normalized spacial score (nSPS) is 10.2. The van der Waals surface area contributed by atoms with Gasteiger partial charge < -0.3 is 9.84 Å². The number of nitro groups is 1. The lowest BCUT2D eigenvalue weighted by Gasteiger charge is -2.11. The maximum absolute atomic E-state index is 11.1. The molecule has 2 aromatic carbocycles. The van der Waals surface area contributed by atoms with Crippen LogP contribution in [0.15, 0.2) is 36.4 Å². The van der Waals surface area contributed by atoms with Crippen LogP contribution in [0.25, 0.3) is 0 Å². The fourth-order valence-electron chi connectivity index (χ4n) is 1.93. The van der Waals surface area contributed by atoms with Gasteiger partial charge in [-0.15, -0.1) is 0 Å². The third kappa shape index (κ3) is 3.00. The number of ether oxygens (including phenoxy) is 1. The molecule has 0 aliphatic rings. The number of carboxylic acid groups (broad SMARTS) is 1. The predicted octanol–water partition coefficient (Wildman–Crippen LogP) is 3.70. The second-order valence-electron chi connectivity index (χ2n) is 4.56. The standard InChI is InChI=1S/C15H13NO5/c1-9-6-7-12(16(19)20)14(8-9)21-13-5-3-4-11(10(13)2)15(17)18/h3-8H,1-2H3,(H,17,18). The Labute approximate surface area is 120 Å². The number of hydrogen-bond donors (Lipinski definition) is 1. The number of carbonyl (C=O) groups is 1. The zero-order valence-electron chi connectivity index (χ0n) is 11.5. The van der Waals surface area contributed by atoms with Crippen LogP contribution in [0.5, 0.6) is 11.5 Å². The van der Waals surface area contributed by atoms with Gasteiger partial charge >= 0.3 is 11.7 Å². The van der Waals surface area contributed by atoms with Gasteiger partial charge in [0.1, 0.15) is 5.75 Å². The fraction of sp³-hybridized carbons (Fsp3) is 0.133. The molecule has 0 amide bonds. The summed E-state index contributed by atoms with van der Waals surface area (Å²) in [6.07, 6.45) is 0. The van der Waals surface area contributed by atoms with Gasteiger partial charge in [0.05, 0.1) is 10.5 Å². The molecule has 0 spiro atoms. The van der Waals surface area contributed by atoms with E-state index in [1.54, 1.807) is 32.0 Å². The minimum absolute atomic E-state index is 0.0886. The molecule has 0 saturated heterocycles. The zero-order chi connectivity index (χ0) is 15.6. The van der Waals surface area contributed by atoms with E-state index in [0.29, 0.717) is 5.56 Å². The van der Waals surface area contributed by atoms with Gasteiger partial charge in [0.2, 0.25) is 5.75 Å². The first-order valence-corrected chi connectivity index (χ1v) is 6.16. The summed E-state index contributed by atoms with van der Waals surface area (Å²) >= 11 is 0. The average molecular weight is 287 g/mol. The average Bonchev–Trinajstić information content (AvgIpc) is 2.40. The summed E-state index contributed by atoms with van der Waals surface area (Å²) in [4.78, 5) is 21.6. The number of hydrogen-bond acceptors (Lipinski definition) is 4. The molecule has 0 unspecified atom stereocenters. The predicted molar refractivity (Wildman–Crippen MR) is 76.0 cm³/mol. The fourth-order valence-corrected chi connectivity index (χ4v) is 1.93. The topological polar surface area (TPSA) is 89.7 Å². The Morgan fingerprint density at radius 1 is 1.19 bits per heavy atom. The zero-order valence-corrected chi connectivity index (χ0v) is 11.5. The molecule has 1 N–H and O–H groups in total. The summed E-state index contributed by atoms with van der Waals surface area (Å²) in [6, 6.07) is 9.09. The molecular weight excluding hydrogens is 274 g/mol. The van der Waals surface area contributed by atoms with Crippen LogP contribution < -0.4 is 4.74 Å². The molecule has 6 nitrogen and oxygen atoms in total. The quantitative estimate of drug-likeness (QED) is 0.684. The maximum Gasteiger partial charge on any atom is 0.336 e. The van der Waals surface area contributed by atoms with Gasteiger partial charge in [0.25, 0.3) is 0 Å². The summed E-state index contributed by atoms with van der Waals surface area (Å²) < 4.78 is 5.57. The smallest absolute Gasteiger partial charge is 0.336 e. The van der Waals surface area contributed by atoms with Gasteiger partial charge in [-0.2, -0.15) is 0 Å². The third-order valence-corrected chi connectivity index (χ3v) is 3.05. The Morgan fingerprint density at radius 3 is 2.52 bits per heavy atom. The number of aryl methyl sites for hydroxylation is 1. The van der Waals surface area contributed by atoms with Crippen LogP contribution in [-0.2, 0) is 0 Å². The van der Waals surface area contributed by atoms with Gasteiger partial charge in [0, 0.05) is 11.6 Å². The Kier molecular flexibility index (Phi) is 3.89. The van der Waals surface area contributed by atoms with E-state index in [0.717, 1.165) is 5.56 Å². The second-order valence-corrected chi connectivity index (χ2v) is 4.56. The highest BCUT2D eigenvalue weighted by molar-refractivity contribution is 5.90. The van der Waals surface area contributed by atoms with E-state index in [9.17, 15) is 14.9 Å². The minimum Gasteiger partial charge on any atom is -0.478 e. The number of benzene rings is 2. The lowest BCUT2D eigenvalue weighted by atomic mass is 10.1. The summed E-state index contributed by atoms with van der Waals surface area (Å²) in [6.45, 7) is 3.39. The van der Waals surface area contributed by atoms with Gasteiger partial charge in [-0.25, -0.2) is 4.79 Å². The van der Waals surface area contributed by atoms with Crippen molar-refractivity contribution < 1.29 is 19.6 Å². The van der Waals surface area contributed by atoms with Crippen molar-refractivity contribution in [3.63, 3.8) is 0 Å². The van der Waals surface area contributed by atoms with Gasteiger partial charge in [-0.3, -0.25) is 10.1 Å². The van der Waals surface area contributed by atoms with E-state index in [4.69, 9.17) is 9.84 Å². The van der Waals surface area contributed by atoms with Crippen molar-refractivity contribution in [3.05, 3.63) is 63.2 Å². The number of nitro benzene ring substituents is 1. The minimum atomic E-state index is -1.07. The summed E-state index contributed by atoms with van der Waals surface area (Å²) in [5, 5.41) is 20.1. The first kappa shape index (κ1) is 14.5. The monoisotopic (exact) mass is 287 g/mol. The summed E-state index contributed by atoms with van der Waals surface area (Å²) in [5.74, 6) is -0.703. The third-order valence-electron chi connectivity index (χ3n) is 3.05. The van der Waals surface area contributed by atoms with E-state index in [1.807, 2.05) is 0 Å². The molecule has 0 fully saturated rings. The van der Waals surface area contributed by atoms with Crippen LogP contribution in [0.1, 0.15) is 21.5 Å². The van der Waals surface area contributed by atoms with Crippen LogP contribution in [0, 0.1) is 24.0 Å². The van der Waals surface area contributed by atoms with Crippen LogP contribution in [0.4, 0.5) is 5.69 Å². The van der Waals surface area contributed by atoms with Crippen molar-refractivity contribution in [1.29, 1.82) is 0 Å². The second kappa shape index (κ2) is 5.62. The van der Waals surface area contributed by atoms with E-state index >= 15 is 0 Å². The number of aromatic carboxylic acids is 1. The van der Waals surface area contributed by atoms with Crippen molar-refractivity contribution in [2.24, 2.45) is 0 Å². The molecule has 108 valence electrons. The van der Waals surface area contributed by atoms with Crippen LogP contribution >= 0.6 is 0 Å². The van der Waals surface area contributed by atoms with Crippen molar-refractivity contribution in [1.82, 2.24) is 0 Å². The Hall–Kier alpha value is -2.89. The van der Waals surface area contributed by atoms with Crippen molar-refractivity contribution in [2.45, 2.75) is 13.8 Å². The molecule has 0 heterocycles. The van der Waals surface area contributed by atoms with Gasteiger partial charge in [-0.05, 0) is 37.6 Å². The van der Waals surface area contributed by atoms with E-state index in [2.05, 4.69) is 0 Å². The molecule has 2 aromatic rings. The molecule has 0 aliphatic heterocycles. The molecule has 0 bridgehead atoms.